The van der Waals surface area contributed by atoms with Gasteiger partial charge in [0.15, 0.2) is 0 Å². The highest BCUT2D eigenvalue weighted by Crippen LogP contribution is 2.15. The number of fused-ring (bicyclic) bond motifs is 1. The molecule has 0 spiro atoms. The first-order valence-electron chi connectivity index (χ1n) is 4.00. The van der Waals surface area contributed by atoms with Crippen LogP contribution in [0.1, 0.15) is 0 Å². The van der Waals surface area contributed by atoms with Crippen LogP contribution in [0.5, 0.6) is 0 Å². The molecule has 0 aliphatic heterocycles. The molecule has 0 fully saturated rings. The topological polar surface area (TPSA) is 82.0 Å². The predicted molar refractivity (Wildman–Crippen MR) is 57.9 cm³/mol. The minimum Gasteiger partial charge on any atom is -0.369 e. The molecule has 0 saturated carbocycles. The van der Waals surface area contributed by atoms with Crippen LogP contribution in [0.2, 0.25) is 0 Å². The Hall–Kier alpha value is -1.46. The fraction of sp³-hybridized carbons (Fsp3) is 0.111. The van der Waals surface area contributed by atoms with Crippen LogP contribution < -0.4 is 11.5 Å². The number of benzene rings is 1. The summed E-state index contributed by atoms with van der Waals surface area (Å²) in [7, 11) is 0. The van der Waals surface area contributed by atoms with Gasteiger partial charge in [0.25, 0.3) is 0 Å². The lowest BCUT2D eigenvalue weighted by Crippen LogP contribution is -2.21. The van der Waals surface area contributed by atoms with E-state index >= 15 is 0 Å². The Kier molecular flexibility index (Phi) is 4.03. The molecule has 1 aromatic carbocycles. The van der Waals surface area contributed by atoms with Gasteiger partial charge in [-0.1, -0.05) is 12.1 Å². The normalized spacial score (nSPS) is 9.21. The van der Waals surface area contributed by atoms with Crippen LogP contribution in [0.25, 0.3) is 10.2 Å². The molecule has 4 N–H and O–H groups in total. The van der Waals surface area contributed by atoms with Crippen molar-refractivity contribution < 1.29 is 4.79 Å². The molecule has 2 rings (SSSR count). The van der Waals surface area contributed by atoms with Gasteiger partial charge in [0.05, 0.1) is 22.3 Å². The highest BCUT2D eigenvalue weighted by molar-refractivity contribution is 7.16. The van der Waals surface area contributed by atoms with Crippen molar-refractivity contribution >= 4 is 27.5 Å². The van der Waals surface area contributed by atoms with E-state index in [1.807, 2.05) is 23.7 Å². The third-order valence-corrected chi connectivity index (χ3v) is 2.25. The van der Waals surface area contributed by atoms with Gasteiger partial charge in [-0.3, -0.25) is 4.79 Å². The first-order valence-corrected chi connectivity index (χ1v) is 4.88. The van der Waals surface area contributed by atoms with E-state index in [-0.39, 0.29) is 6.54 Å². The maximum atomic E-state index is 9.47. The number of hydrogen-bond donors (Lipinski definition) is 2. The van der Waals surface area contributed by atoms with E-state index in [1.54, 1.807) is 11.3 Å². The second-order valence-electron chi connectivity index (χ2n) is 2.49. The van der Waals surface area contributed by atoms with Crippen LogP contribution >= 0.6 is 11.3 Å². The van der Waals surface area contributed by atoms with Gasteiger partial charge in [-0.05, 0) is 12.1 Å². The first kappa shape index (κ1) is 10.6. The molecule has 74 valence electrons. The fourth-order valence-corrected chi connectivity index (χ4v) is 1.48. The minimum absolute atomic E-state index is 0.0556. The maximum absolute atomic E-state index is 9.47. The third kappa shape index (κ3) is 3.12. The first-order chi connectivity index (χ1) is 6.74. The lowest BCUT2D eigenvalue weighted by Gasteiger charge is -1.80. The molecule has 5 heteroatoms. The molecule has 4 nitrogen and oxygen atoms in total. The van der Waals surface area contributed by atoms with Crippen molar-refractivity contribution in [3.8, 4) is 0 Å². The molecule has 1 aromatic heterocycles. The zero-order chi connectivity index (χ0) is 10.4. The second kappa shape index (κ2) is 5.31. The van der Waals surface area contributed by atoms with Gasteiger partial charge in [0.1, 0.15) is 0 Å². The van der Waals surface area contributed by atoms with E-state index < -0.39 is 5.91 Å². The minimum atomic E-state index is -0.468. The smallest absolute Gasteiger partial charge is 0.231 e. The number of rotatable bonds is 1. The number of carbonyl (C=O) groups is 1. The van der Waals surface area contributed by atoms with Gasteiger partial charge in [-0.2, -0.15) is 0 Å². The zero-order valence-corrected chi connectivity index (χ0v) is 8.33. The van der Waals surface area contributed by atoms with Gasteiger partial charge in [0.2, 0.25) is 5.91 Å². The summed E-state index contributed by atoms with van der Waals surface area (Å²) in [6.07, 6.45) is 0. The van der Waals surface area contributed by atoms with Crippen LogP contribution in [0.4, 0.5) is 0 Å². The molecule has 0 aliphatic carbocycles. The standard InChI is InChI=1S/C7H5NS.C2H6N2O/c1-2-4-7-6(3-1)8-5-9-7;3-1-2(4)5/h1-5H;1,3H2,(H2,4,5). The Morgan fingerprint density at radius 3 is 2.64 bits per heavy atom. The summed E-state index contributed by atoms with van der Waals surface area (Å²) in [6, 6.07) is 8.13. The van der Waals surface area contributed by atoms with Crippen LogP contribution in [-0.4, -0.2) is 17.4 Å². The lowest BCUT2D eigenvalue weighted by molar-refractivity contribution is -0.116. The molecule has 14 heavy (non-hydrogen) atoms. The molecule has 0 radical (unpaired) electrons. The molecule has 0 bridgehead atoms. The molecular formula is C9H11N3OS. The number of amides is 1. The highest BCUT2D eigenvalue weighted by atomic mass is 32.1. The summed E-state index contributed by atoms with van der Waals surface area (Å²) < 4.78 is 1.26. The number of primary amides is 1. The molecular weight excluding hydrogens is 198 g/mol. The molecule has 1 amide bonds. The van der Waals surface area contributed by atoms with Crippen molar-refractivity contribution in [1.29, 1.82) is 0 Å². The molecule has 0 saturated heterocycles. The quantitative estimate of drug-likeness (QED) is 0.726. The number of nitrogens with zero attached hydrogens (tertiary/aromatic N) is 1. The second-order valence-corrected chi connectivity index (χ2v) is 3.38. The summed E-state index contributed by atoms with van der Waals surface area (Å²) in [5.41, 5.74) is 12.2. The summed E-state index contributed by atoms with van der Waals surface area (Å²) >= 11 is 1.68. The van der Waals surface area contributed by atoms with Crippen molar-refractivity contribution in [3.63, 3.8) is 0 Å². The molecule has 1 heterocycles. The largest absolute Gasteiger partial charge is 0.369 e. The van der Waals surface area contributed by atoms with Crippen LogP contribution in [0, 0.1) is 0 Å². The Morgan fingerprint density at radius 2 is 2.07 bits per heavy atom. The van der Waals surface area contributed by atoms with Crippen molar-refractivity contribution in [1.82, 2.24) is 4.98 Å². The maximum Gasteiger partial charge on any atom is 0.231 e. The number of thiazole rings is 1. The number of aromatic nitrogens is 1. The summed E-state index contributed by atoms with van der Waals surface area (Å²) in [6.45, 7) is -0.0556. The Morgan fingerprint density at radius 1 is 1.43 bits per heavy atom. The average Bonchev–Trinajstić information content (AvgIpc) is 2.66. The number of nitrogens with two attached hydrogens (primary N) is 2. The third-order valence-electron chi connectivity index (χ3n) is 1.44. The Labute approximate surface area is 85.6 Å². The van der Waals surface area contributed by atoms with Gasteiger partial charge in [-0.25, -0.2) is 4.98 Å². The highest BCUT2D eigenvalue weighted by Gasteiger charge is 1.89. The number of carbonyl (C=O) groups excluding carboxylic acids is 1. The monoisotopic (exact) mass is 209 g/mol. The SMILES string of the molecule is NCC(N)=O.c1ccc2scnc2c1. The summed E-state index contributed by atoms with van der Waals surface area (Å²) in [5.74, 6) is -0.468. The van der Waals surface area contributed by atoms with Crippen molar-refractivity contribution in [2.75, 3.05) is 6.54 Å². The van der Waals surface area contributed by atoms with Crippen LogP contribution in [-0.2, 0) is 4.79 Å². The molecule has 2 aromatic rings. The van der Waals surface area contributed by atoms with Crippen molar-refractivity contribution in [2.24, 2.45) is 11.5 Å². The fourth-order valence-electron chi connectivity index (χ4n) is 0.803. The summed E-state index contributed by atoms with van der Waals surface area (Å²) in [5, 5.41) is 0. The zero-order valence-electron chi connectivity index (χ0n) is 7.51. The van der Waals surface area contributed by atoms with Gasteiger partial charge in [-0.15, -0.1) is 11.3 Å². The van der Waals surface area contributed by atoms with E-state index in [4.69, 9.17) is 5.73 Å². The van der Waals surface area contributed by atoms with E-state index in [0.717, 1.165) is 5.52 Å². The van der Waals surface area contributed by atoms with E-state index in [9.17, 15) is 4.79 Å². The number of hydrogen-bond acceptors (Lipinski definition) is 4. The van der Waals surface area contributed by atoms with Crippen molar-refractivity contribution in [2.45, 2.75) is 0 Å². The summed E-state index contributed by atoms with van der Waals surface area (Å²) in [4.78, 5) is 13.6. The van der Waals surface area contributed by atoms with Gasteiger partial charge < -0.3 is 11.5 Å². The van der Waals surface area contributed by atoms with E-state index in [2.05, 4.69) is 16.8 Å². The van der Waals surface area contributed by atoms with Gasteiger partial charge in [0, 0.05) is 0 Å². The molecule has 0 unspecified atom stereocenters. The van der Waals surface area contributed by atoms with Crippen molar-refractivity contribution in [3.05, 3.63) is 29.8 Å². The number of para-hydroxylation sites is 1. The van der Waals surface area contributed by atoms with Crippen LogP contribution in [0.3, 0.4) is 0 Å². The Balaban J connectivity index is 0.000000171. The molecule has 0 atom stereocenters. The van der Waals surface area contributed by atoms with E-state index in [1.165, 1.54) is 4.70 Å². The van der Waals surface area contributed by atoms with Crippen LogP contribution in [0.15, 0.2) is 29.8 Å². The van der Waals surface area contributed by atoms with Gasteiger partial charge >= 0.3 is 0 Å². The lowest BCUT2D eigenvalue weighted by atomic mass is 10.3. The van der Waals surface area contributed by atoms with E-state index in [0.29, 0.717) is 0 Å². The molecule has 0 aliphatic rings. The average molecular weight is 209 g/mol. The Bertz CT molecular complexity index is 383. The predicted octanol–water partition coefficient (Wildman–Crippen LogP) is 0.727.